The third-order valence-corrected chi connectivity index (χ3v) is 5.83. The minimum Gasteiger partial charge on any atom is -0.497 e. The molecule has 31 heavy (non-hydrogen) atoms. The number of methoxy groups -OCH3 is 1. The fourth-order valence-corrected chi connectivity index (χ4v) is 4.06. The number of benzene rings is 2. The van der Waals surface area contributed by atoms with E-state index in [2.05, 4.69) is 5.10 Å². The molecule has 0 bridgehead atoms. The van der Waals surface area contributed by atoms with E-state index in [4.69, 9.17) is 9.72 Å². The standard InChI is InChI=1S/C24H22N4O3/c1-15-5-3-4-6-18(15)23(29)27-12-11-20-19(14-27)24(30)28-22(25-20)13-21(26-28)16-7-9-17(31-2)10-8-16/h3-10,13,26H,11-12,14H2,1-2H3. The maximum absolute atomic E-state index is 13.2. The molecule has 0 fully saturated rings. The average molecular weight is 414 g/mol. The second-order valence-electron chi connectivity index (χ2n) is 7.73. The number of fused-ring (bicyclic) bond motifs is 2. The van der Waals surface area contributed by atoms with Gasteiger partial charge in [0.2, 0.25) is 0 Å². The first kappa shape index (κ1) is 19.1. The van der Waals surface area contributed by atoms with E-state index >= 15 is 0 Å². The minimum atomic E-state index is -0.165. The maximum atomic E-state index is 13.2. The predicted octanol–water partition coefficient (Wildman–Crippen LogP) is 3.21. The van der Waals surface area contributed by atoms with E-state index in [1.54, 1.807) is 12.0 Å². The molecular weight excluding hydrogens is 392 g/mol. The van der Waals surface area contributed by atoms with E-state index in [0.717, 1.165) is 28.3 Å². The van der Waals surface area contributed by atoms with E-state index in [9.17, 15) is 9.59 Å². The number of hydrogen-bond donors (Lipinski definition) is 1. The Kier molecular flexibility index (Phi) is 4.58. The van der Waals surface area contributed by atoms with Gasteiger partial charge in [-0.15, -0.1) is 0 Å². The number of H-pyrrole nitrogens is 1. The number of ether oxygens (including phenoxy) is 1. The average Bonchev–Trinajstić information content (AvgIpc) is 3.23. The van der Waals surface area contributed by atoms with Crippen LogP contribution >= 0.6 is 0 Å². The molecule has 0 radical (unpaired) electrons. The third kappa shape index (κ3) is 3.28. The van der Waals surface area contributed by atoms with E-state index < -0.39 is 0 Å². The molecule has 0 saturated carbocycles. The summed E-state index contributed by atoms with van der Waals surface area (Å²) in [5, 5.41) is 3.15. The largest absolute Gasteiger partial charge is 0.497 e. The van der Waals surface area contributed by atoms with Crippen molar-refractivity contribution in [2.75, 3.05) is 13.7 Å². The number of carbonyl (C=O) groups excluding carboxylic acids is 1. The van der Waals surface area contributed by atoms with Gasteiger partial charge < -0.3 is 9.64 Å². The predicted molar refractivity (Wildman–Crippen MR) is 117 cm³/mol. The van der Waals surface area contributed by atoms with Crippen LogP contribution in [0.25, 0.3) is 16.9 Å². The van der Waals surface area contributed by atoms with Crippen LogP contribution in [0.3, 0.4) is 0 Å². The first-order valence-electron chi connectivity index (χ1n) is 10.2. The summed E-state index contributed by atoms with van der Waals surface area (Å²) >= 11 is 0. The van der Waals surface area contributed by atoms with Crippen LogP contribution in [-0.4, -0.2) is 39.1 Å². The van der Waals surface area contributed by atoms with Crippen molar-refractivity contribution in [3.63, 3.8) is 0 Å². The fourth-order valence-electron chi connectivity index (χ4n) is 4.06. The molecule has 4 aromatic rings. The van der Waals surface area contributed by atoms with Gasteiger partial charge in [-0.3, -0.25) is 14.7 Å². The molecule has 0 aliphatic carbocycles. The molecule has 2 aromatic carbocycles. The Balaban J connectivity index is 1.50. The number of nitrogens with zero attached hydrogens (tertiary/aromatic N) is 3. The minimum absolute atomic E-state index is 0.0568. The van der Waals surface area contributed by atoms with Crippen LogP contribution in [0.2, 0.25) is 0 Å². The van der Waals surface area contributed by atoms with E-state index in [1.807, 2.05) is 61.5 Å². The lowest BCUT2D eigenvalue weighted by atomic mass is 10.0. The first-order valence-corrected chi connectivity index (χ1v) is 10.2. The Labute approximate surface area is 178 Å². The second kappa shape index (κ2) is 7.43. The Hall–Kier alpha value is -3.87. The normalized spacial score (nSPS) is 13.3. The highest BCUT2D eigenvalue weighted by molar-refractivity contribution is 5.95. The highest BCUT2D eigenvalue weighted by atomic mass is 16.5. The zero-order chi connectivity index (χ0) is 21.5. The summed E-state index contributed by atoms with van der Waals surface area (Å²) in [6, 6.07) is 17.0. The number of carbonyl (C=O) groups is 1. The Morgan fingerprint density at radius 2 is 1.90 bits per heavy atom. The zero-order valence-corrected chi connectivity index (χ0v) is 17.4. The van der Waals surface area contributed by atoms with Gasteiger partial charge in [0.05, 0.1) is 30.6 Å². The van der Waals surface area contributed by atoms with Crippen LogP contribution in [0.5, 0.6) is 5.75 Å². The molecule has 1 N–H and O–H groups in total. The highest BCUT2D eigenvalue weighted by Gasteiger charge is 2.26. The molecule has 1 aliphatic heterocycles. The van der Waals surface area contributed by atoms with E-state index in [0.29, 0.717) is 29.7 Å². The van der Waals surface area contributed by atoms with Crippen LogP contribution in [0.4, 0.5) is 0 Å². The lowest BCUT2D eigenvalue weighted by Crippen LogP contribution is -2.40. The van der Waals surface area contributed by atoms with Crippen molar-refractivity contribution in [3.8, 4) is 17.0 Å². The number of nitrogens with one attached hydrogen (secondary N) is 1. The maximum Gasteiger partial charge on any atom is 0.277 e. The number of aromatic amines is 1. The summed E-state index contributed by atoms with van der Waals surface area (Å²) in [4.78, 5) is 32.7. The SMILES string of the molecule is COc1ccc(-c2cc3nc4c(c(=O)n3[nH]2)CN(C(=O)c2ccccc2C)CC4)cc1. The van der Waals surface area contributed by atoms with Gasteiger partial charge in [-0.05, 0) is 48.4 Å². The lowest BCUT2D eigenvalue weighted by molar-refractivity contribution is 0.0732. The Morgan fingerprint density at radius 1 is 1.13 bits per heavy atom. The van der Waals surface area contributed by atoms with Gasteiger partial charge >= 0.3 is 0 Å². The van der Waals surface area contributed by atoms with Crippen molar-refractivity contribution in [2.24, 2.45) is 0 Å². The molecule has 0 atom stereocenters. The molecule has 1 aliphatic rings. The van der Waals surface area contributed by atoms with Crippen molar-refractivity contribution < 1.29 is 9.53 Å². The molecule has 156 valence electrons. The van der Waals surface area contributed by atoms with Crippen LogP contribution in [0, 0.1) is 6.92 Å². The smallest absolute Gasteiger partial charge is 0.277 e. The third-order valence-electron chi connectivity index (χ3n) is 5.83. The quantitative estimate of drug-likeness (QED) is 0.558. The summed E-state index contributed by atoms with van der Waals surface area (Å²) in [6.45, 7) is 2.72. The summed E-state index contributed by atoms with van der Waals surface area (Å²) < 4.78 is 6.67. The monoisotopic (exact) mass is 414 g/mol. The van der Waals surface area contributed by atoms with Gasteiger partial charge in [-0.2, -0.15) is 0 Å². The van der Waals surface area contributed by atoms with Crippen molar-refractivity contribution in [1.82, 2.24) is 19.5 Å². The van der Waals surface area contributed by atoms with Gasteiger partial charge in [0.25, 0.3) is 11.5 Å². The lowest BCUT2D eigenvalue weighted by Gasteiger charge is -2.28. The topological polar surface area (TPSA) is 79.7 Å². The van der Waals surface area contributed by atoms with Crippen molar-refractivity contribution in [2.45, 2.75) is 19.9 Å². The molecule has 5 rings (SSSR count). The number of aromatic nitrogens is 3. The highest BCUT2D eigenvalue weighted by Crippen LogP contribution is 2.23. The van der Waals surface area contributed by atoms with Crippen LogP contribution in [0.1, 0.15) is 27.2 Å². The summed E-state index contributed by atoms with van der Waals surface area (Å²) in [5.41, 5.74) is 5.06. The Morgan fingerprint density at radius 3 is 2.65 bits per heavy atom. The van der Waals surface area contributed by atoms with Gasteiger partial charge in [-0.25, -0.2) is 9.50 Å². The second-order valence-corrected chi connectivity index (χ2v) is 7.73. The Bertz CT molecular complexity index is 1350. The molecule has 7 heteroatoms. The molecular formula is C24H22N4O3. The zero-order valence-electron chi connectivity index (χ0n) is 17.4. The number of hydrogen-bond acceptors (Lipinski definition) is 4. The van der Waals surface area contributed by atoms with E-state index in [-0.39, 0.29) is 18.0 Å². The summed E-state index contributed by atoms with van der Waals surface area (Å²) in [7, 11) is 1.62. The molecule has 7 nitrogen and oxygen atoms in total. The molecule has 1 amide bonds. The van der Waals surface area contributed by atoms with Crippen LogP contribution in [0.15, 0.2) is 59.4 Å². The van der Waals surface area contributed by atoms with Crippen molar-refractivity contribution >= 4 is 11.6 Å². The number of rotatable bonds is 3. The first-order chi connectivity index (χ1) is 15.0. The molecule has 0 saturated heterocycles. The molecule has 0 unspecified atom stereocenters. The molecule has 3 heterocycles. The fraction of sp³-hybridized carbons (Fsp3) is 0.208. The summed E-state index contributed by atoms with van der Waals surface area (Å²) in [6.07, 6.45) is 0.557. The molecule has 2 aromatic heterocycles. The van der Waals surface area contributed by atoms with E-state index in [1.165, 1.54) is 4.52 Å². The number of aryl methyl sites for hydroxylation is 1. The van der Waals surface area contributed by atoms with Gasteiger partial charge in [-0.1, -0.05) is 18.2 Å². The van der Waals surface area contributed by atoms with Gasteiger partial charge in [0.1, 0.15) is 5.75 Å². The van der Waals surface area contributed by atoms with Gasteiger partial charge in [0, 0.05) is 24.6 Å². The van der Waals surface area contributed by atoms with Gasteiger partial charge in [0.15, 0.2) is 5.65 Å². The van der Waals surface area contributed by atoms with Crippen molar-refractivity contribution in [3.05, 3.63) is 87.3 Å². The number of amides is 1. The van der Waals surface area contributed by atoms with Crippen LogP contribution in [-0.2, 0) is 13.0 Å². The van der Waals surface area contributed by atoms with Crippen molar-refractivity contribution in [1.29, 1.82) is 0 Å². The molecule has 0 spiro atoms. The van der Waals surface area contributed by atoms with Crippen LogP contribution < -0.4 is 10.3 Å². The summed E-state index contributed by atoms with van der Waals surface area (Å²) in [5.74, 6) is 0.711.